The van der Waals surface area contributed by atoms with Gasteiger partial charge in [-0.1, -0.05) is 6.92 Å². The Labute approximate surface area is 107 Å². The monoisotopic (exact) mass is 246 g/mol. The van der Waals surface area contributed by atoms with Crippen LogP contribution < -0.4 is 16.2 Å². The van der Waals surface area contributed by atoms with Crippen LogP contribution in [0.15, 0.2) is 6.33 Å². The smallest absolute Gasteiger partial charge is 0.148 e. The summed E-state index contributed by atoms with van der Waals surface area (Å²) in [5, 5.41) is 8.75. The average molecular weight is 246 g/mol. The van der Waals surface area contributed by atoms with E-state index in [1.807, 2.05) is 0 Å². The molecule has 6 nitrogen and oxygen atoms in total. The summed E-state index contributed by atoms with van der Waals surface area (Å²) in [7, 11) is 0. The van der Waals surface area contributed by atoms with Crippen molar-refractivity contribution in [3.05, 3.63) is 11.9 Å². The van der Waals surface area contributed by atoms with E-state index in [0.717, 1.165) is 24.3 Å². The molecule has 6 heteroatoms. The zero-order valence-corrected chi connectivity index (χ0v) is 10.6. The molecule has 0 aromatic carbocycles. The number of aromatic nitrogens is 2. The molecule has 0 bridgehead atoms. The minimum atomic E-state index is 0.509. The predicted molar refractivity (Wildman–Crippen MR) is 69.8 cm³/mol. The average Bonchev–Trinajstić information content (AvgIpc) is 3.23. The van der Waals surface area contributed by atoms with E-state index < -0.39 is 0 Å². The van der Waals surface area contributed by atoms with E-state index in [0.29, 0.717) is 18.3 Å². The number of hydrogen-bond acceptors (Lipinski definition) is 6. The SMILES string of the molecule is CCc1c(NN)ncnc1N(CCC#N)C1CC1. The number of hydrogen-bond donors (Lipinski definition) is 2. The van der Waals surface area contributed by atoms with Crippen molar-refractivity contribution in [2.75, 3.05) is 16.9 Å². The number of rotatable bonds is 6. The molecule has 0 atom stereocenters. The zero-order valence-electron chi connectivity index (χ0n) is 10.6. The topological polar surface area (TPSA) is 90.9 Å². The first kappa shape index (κ1) is 12.6. The third-order valence-corrected chi connectivity index (χ3v) is 3.14. The van der Waals surface area contributed by atoms with Crippen molar-refractivity contribution in [2.24, 2.45) is 5.84 Å². The fraction of sp³-hybridized carbons (Fsp3) is 0.583. The van der Waals surface area contributed by atoms with Crippen molar-refractivity contribution in [1.29, 1.82) is 5.26 Å². The Bertz CT molecular complexity index is 448. The summed E-state index contributed by atoms with van der Waals surface area (Å²) < 4.78 is 0. The number of nitrogens with zero attached hydrogens (tertiary/aromatic N) is 4. The Morgan fingerprint density at radius 1 is 1.56 bits per heavy atom. The third-order valence-electron chi connectivity index (χ3n) is 3.14. The van der Waals surface area contributed by atoms with E-state index >= 15 is 0 Å². The molecule has 0 aliphatic heterocycles. The van der Waals surface area contributed by atoms with Gasteiger partial charge in [0.15, 0.2) is 0 Å². The lowest BCUT2D eigenvalue weighted by atomic mass is 10.2. The molecule has 1 heterocycles. The van der Waals surface area contributed by atoms with Crippen LogP contribution in [0.4, 0.5) is 11.6 Å². The summed E-state index contributed by atoms with van der Waals surface area (Å²) in [4.78, 5) is 10.7. The summed E-state index contributed by atoms with van der Waals surface area (Å²) >= 11 is 0. The highest BCUT2D eigenvalue weighted by Gasteiger charge is 2.31. The molecule has 0 radical (unpaired) electrons. The van der Waals surface area contributed by atoms with Gasteiger partial charge in [0.1, 0.15) is 18.0 Å². The second-order valence-electron chi connectivity index (χ2n) is 4.36. The molecule has 0 unspecified atom stereocenters. The van der Waals surface area contributed by atoms with Crippen molar-refractivity contribution in [3.8, 4) is 6.07 Å². The summed E-state index contributed by atoms with van der Waals surface area (Å²) in [5.74, 6) is 7.06. The number of nitrogen functional groups attached to an aromatic ring is 1. The van der Waals surface area contributed by atoms with Crippen molar-refractivity contribution in [2.45, 2.75) is 38.6 Å². The van der Waals surface area contributed by atoms with E-state index in [1.54, 1.807) is 0 Å². The van der Waals surface area contributed by atoms with Gasteiger partial charge in [-0.25, -0.2) is 15.8 Å². The second-order valence-corrected chi connectivity index (χ2v) is 4.36. The van der Waals surface area contributed by atoms with Crippen LogP contribution in [0.1, 0.15) is 31.7 Å². The van der Waals surface area contributed by atoms with Crippen LogP contribution in [0, 0.1) is 11.3 Å². The summed E-state index contributed by atoms with van der Waals surface area (Å²) in [6, 6.07) is 2.71. The van der Waals surface area contributed by atoms with Gasteiger partial charge in [0.25, 0.3) is 0 Å². The molecular formula is C12H18N6. The molecule has 1 aliphatic carbocycles. The Balaban J connectivity index is 2.31. The maximum atomic E-state index is 8.75. The van der Waals surface area contributed by atoms with Crippen LogP contribution in [-0.4, -0.2) is 22.6 Å². The van der Waals surface area contributed by atoms with Gasteiger partial charge in [-0.05, 0) is 19.3 Å². The Hall–Kier alpha value is -1.87. The van der Waals surface area contributed by atoms with E-state index in [-0.39, 0.29) is 0 Å². The molecule has 1 aliphatic rings. The zero-order chi connectivity index (χ0) is 13.0. The van der Waals surface area contributed by atoms with E-state index in [1.165, 1.54) is 19.2 Å². The highest BCUT2D eigenvalue weighted by molar-refractivity contribution is 5.59. The van der Waals surface area contributed by atoms with E-state index in [2.05, 4.69) is 33.3 Å². The largest absolute Gasteiger partial charge is 0.352 e. The lowest BCUT2D eigenvalue weighted by Gasteiger charge is -2.25. The van der Waals surface area contributed by atoms with Crippen LogP contribution in [0.3, 0.4) is 0 Å². The van der Waals surface area contributed by atoms with Crippen LogP contribution in [-0.2, 0) is 6.42 Å². The fourth-order valence-electron chi connectivity index (χ4n) is 2.12. The van der Waals surface area contributed by atoms with Gasteiger partial charge in [0.2, 0.25) is 0 Å². The molecule has 2 rings (SSSR count). The van der Waals surface area contributed by atoms with E-state index in [4.69, 9.17) is 11.1 Å². The van der Waals surface area contributed by atoms with Gasteiger partial charge in [-0.2, -0.15) is 5.26 Å². The first-order chi connectivity index (χ1) is 8.81. The number of nitrogens with one attached hydrogen (secondary N) is 1. The van der Waals surface area contributed by atoms with Gasteiger partial charge < -0.3 is 10.3 Å². The van der Waals surface area contributed by atoms with Gasteiger partial charge >= 0.3 is 0 Å². The molecule has 1 aromatic rings. The quantitative estimate of drug-likeness (QED) is 0.579. The number of nitriles is 1. The van der Waals surface area contributed by atoms with Crippen LogP contribution in [0.25, 0.3) is 0 Å². The van der Waals surface area contributed by atoms with Crippen molar-refractivity contribution in [1.82, 2.24) is 9.97 Å². The highest BCUT2D eigenvalue weighted by Crippen LogP contribution is 2.34. The number of hydrazine groups is 1. The second kappa shape index (κ2) is 5.65. The van der Waals surface area contributed by atoms with E-state index in [9.17, 15) is 0 Å². The molecule has 0 saturated heterocycles. The molecule has 3 N–H and O–H groups in total. The molecular weight excluding hydrogens is 228 g/mol. The lowest BCUT2D eigenvalue weighted by Crippen LogP contribution is -2.29. The van der Waals surface area contributed by atoms with Crippen LogP contribution in [0.5, 0.6) is 0 Å². The van der Waals surface area contributed by atoms with Crippen LogP contribution >= 0.6 is 0 Å². The van der Waals surface area contributed by atoms with Crippen molar-refractivity contribution >= 4 is 11.6 Å². The molecule has 1 fully saturated rings. The van der Waals surface area contributed by atoms with Gasteiger partial charge in [0.05, 0.1) is 12.5 Å². The summed E-state index contributed by atoms with van der Waals surface area (Å²) in [5.41, 5.74) is 3.63. The number of nitrogens with two attached hydrogens (primary N) is 1. The van der Waals surface area contributed by atoms with Crippen LogP contribution in [0.2, 0.25) is 0 Å². The predicted octanol–water partition coefficient (Wildman–Crippen LogP) is 1.21. The lowest BCUT2D eigenvalue weighted by molar-refractivity contribution is 0.766. The standard InChI is InChI=1S/C12H18N6/c1-2-10-11(17-14)15-8-16-12(10)18(7-3-6-13)9-4-5-9/h8-9H,2-5,7,14H2,1H3,(H,15,16,17). The molecule has 1 aromatic heterocycles. The summed E-state index contributed by atoms with van der Waals surface area (Å²) in [6.45, 7) is 2.77. The van der Waals surface area contributed by atoms with Gasteiger partial charge in [-0.3, -0.25) is 0 Å². The van der Waals surface area contributed by atoms with Gasteiger partial charge in [0, 0.05) is 18.2 Å². The molecule has 18 heavy (non-hydrogen) atoms. The van der Waals surface area contributed by atoms with Gasteiger partial charge in [-0.15, -0.1) is 0 Å². The third kappa shape index (κ3) is 2.51. The molecule has 1 saturated carbocycles. The fourth-order valence-corrected chi connectivity index (χ4v) is 2.12. The van der Waals surface area contributed by atoms with Crippen molar-refractivity contribution in [3.63, 3.8) is 0 Å². The minimum absolute atomic E-state index is 0.509. The maximum absolute atomic E-state index is 8.75. The number of anilines is 2. The molecule has 96 valence electrons. The van der Waals surface area contributed by atoms with Crippen molar-refractivity contribution < 1.29 is 0 Å². The first-order valence-corrected chi connectivity index (χ1v) is 6.25. The molecule has 0 amide bonds. The summed E-state index contributed by atoms with van der Waals surface area (Å²) in [6.07, 6.45) is 5.18. The Morgan fingerprint density at radius 3 is 2.89 bits per heavy atom. The Kier molecular flexibility index (Phi) is 3.95. The minimum Gasteiger partial charge on any atom is -0.352 e. The Morgan fingerprint density at radius 2 is 2.33 bits per heavy atom. The first-order valence-electron chi connectivity index (χ1n) is 6.25. The maximum Gasteiger partial charge on any atom is 0.148 e. The molecule has 0 spiro atoms. The normalized spacial score (nSPS) is 14.1. The highest BCUT2D eigenvalue weighted by atomic mass is 15.3.